The van der Waals surface area contributed by atoms with Crippen LogP contribution in [0, 0.1) is 10.1 Å². The van der Waals surface area contributed by atoms with Crippen LogP contribution in [0.3, 0.4) is 0 Å². The summed E-state index contributed by atoms with van der Waals surface area (Å²) >= 11 is 5.04. The van der Waals surface area contributed by atoms with Gasteiger partial charge in [0.1, 0.15) is 0 Å². The highest BCUT2D eigenvalue weighted by Crippen LogP contribution is 2.27. The predicted octanol–water partition coefficient (Wildman–Crippen LogP) is 3.64. The number of nitro groups is 1. The van der Waals surface area contributed by atoms with E-state index >= 15 is 0 Å². The lowest BCUT2D eigenvalue weighted by Gasteiger charge is -2.18. The number of nitrogen functional groups attached to an aromatic ring is 1. The monoisotopic (exact) mass is 341 g/mol. The topological polar surface area (TPSA) is 72.4 Å². The average molecular weight is 342 g/mol. The van der Waals surface area contributed by atoms with Crippen molar-refractivity contribution >= 4 is 44.3 Å². The molecule has 0 fully saturated rings. The van der Waals surface area contributed by atoms with Crippen molar-refractivity contribution in [3.05, 3.63) is 49.1 Å². The summed E-state index contributed by atoms with van der Waals surface area (Å²) < 4.78 is 1.04. The van der Waals surface area contributed by atoms with Gasteiger partial charge in [0.25, 0.3) is 5.69 Å². The summed E-state index contributed by atoms with van der Waals surface area (Å²) in [5, 5.41) is 12.8. The molecule has 1 aromatic heterocycles. The van der Waals surface area contributed by atoms with E-state index in [0.717, 1.165) is 10.2 Å². The molecule has 100 valence electrons. The summed E-state index contributed by atoms with van der Waals surface area (Å²) in [4.78, 5) is 13.5. The van der Waals surface area contributed by atoms with Crippen LogP contribution in [0.5, 0.6) is 0 Å². The van der Waals surface area contributed by atoms with E-state index in [-0.39, 0.29) is 5.69 Å². The first kappa shape index (κ1) is 13.8. The number of nitrogens with two attached hydrogens (primary N) is 1. The summed E-state index contributed by atoms with van der Waals surface area (Å²) in [6.07, 6.45) is 0. The van der Waals surface area contributed by atoms with Gasteiger partial charge >= 0.3 is 0 Å². The minimum absolute atomic E-state index is 0.00853. The lowest BCUT2D eigenvalue weighted by molar-refractivity contribution is -0.384. The van der Waals surface area contributed by atoms with E-state index in [2.05, 4.69) is 15.9 Å². The number of nitro benzene ring substituents is 1. The van der Waals surface area contributed by atoms with Crippen molar-refractivity contribution in [2.75, 3.05) is 17.7 Å². The van der Waals surface area contributed by atoms with E-state index in [1.807, 2.05) is 23.4 Å². The Morgan fingerprint density at radius 3 is 2.74 bits per heavy atom. The second-order valence-corrected chi connectivity index (χ2v) is 6.04. The third-order valence-corrected chi connectivity index (χ3v) is 4.27. The van der Waals surface area contributed by atoms with Crippen molar-refractivity contribution < 1.29 is 4.92 Å². The number of nitrogens with zero attached hydrogens (tertiary/aromatic N) is 2. The summed E-state index contributed by atoms with van der Waals surface area (Å²) in [6, 6.07) is 6.65. The van der Waals surface area contributed by atoms with Gasteiger partial charge in [-0.3, -0.25) is 10.1 Å². The van der Waals surface area contributed by atoms with Crippen molar-refractivity contribution in [3.63, 3.8) is 0 Å². The van der Waals surface area contributed by atoms with Gasteiger partial charge in [0.2, 0.25) is 0 Å². The minimum Gasteiger partial charge on any atom is -0.398 e. The molecule has 0 aliphatic carbocycles. The Kier molecular flexibility index (Phi) is 4.06. The van der Waals surface area contributed by atoms with E-state index < -0.39 is 4.92 Å². The van der Waals surface area contributed by atoms with E-state index in [9.17, 15) is 10.1 Å². The lowest BCUT2D eigenvalue weighted by Crippen LogP contribution is -2.16. The fraction of sp³-hybridized carbons (Fsp3) is 0.167. The number of halogens is 1. The molecule has 2 aromatic rings. The Balaban J connectivity index is 2.23. The Labute approximate surface area is 122 Å². The zero-order chi connectivity index (χ0) is 14.0. The van der Waals surface area contributed by atoms with Gasteiger partial charge in [-0.15, -0.1) is 11.3 Å². The van der Waals surface area contributed by atoms with Crippen molar-refractivity contribution in [3.8, 4) is 0 Å². The highest BCUT2D eigenvalue weighted by molar-refractivity contribution is 9.10. The number of thiophene rings is 1. The molecule has 0 radical (unpaired) electrons. The molecular formula is C12H12BrN3O2S. The van der Waals surface area contributed by atoms with E-state index in [1.165, 1.54) is 17.0 Å². The molecule has 7 heteroatoms. The van der Waals surface area contributed by atoms with Crippen molar-refractivity contribution in [2.45, 2.75) is 6.54 Å². The minimum atomic E-state index is -0.435. The molecule has 0 aliphatic heterocycles. The molecule has 5 nitrogen and oxygen atoms in total. The fourth-order valence-corrected chi connectivity index (χ4v) is 3.21. The van der Waals surface area contributed by atoms with Crippen LogP contribution in [-0.2, 0) is 6.54 Å². The van der Waals surface area contributed by atoms with Crippen LogP contribution in [0.2, 0.25) is 0 Å². The van der Waals surface area contributed by atoms with Crippen LogP contribution < -0.4 is 10.6 Å². The SMILES string of the molecule is CN(Cc1cc(Br)cs1)c1cc(N)cc([N+](=O)[O-])c1. The molecule has 0 bridgehead atoms. The average Bonchev–Trinajstić information content (AvgIpc) is 2.73. The van der Waals surface area contributed by atoms with Crippen LogP contribution in [-0.4, -0.2) is 12.0 Å². The van der Waals surface area contributed by atoms with E-state index in [1.54, 1.807) is 17.4 Å². The maximum atomic E-state index is 10.8. The van der Waals surface area contributed by atoms with Crippen LogP contribution in [0.1, 0.15) is 4.88 Å². The third-order valence-electron chi connectivity index (χ3n) is 2.59. The maximum Gasteiger partial charge on any atom is 0.273 e. The van der Waals surface area contributed by atoms with Gasteiger partial charge in [0.05, 0.1) is 11.5 Å². The smallest absolute Gasteiger partial charge is 0.273 e. The molecule has 0 amide bonds. The maximum absolute atomic E-state index is 10.8. The second kappa shape index (κ2) is 5.58. The number of anilines is 2. The molecule has 1 aromatic carbocycles. The van der Waals surface area contributed by atoms with E-state index in [0.29, 0.717) is 12.2 Å². The van der Waals surface area contributed by atoms with Gasteiger partial charge in [0, 0.05) is 45.3 Å². The number of hydrogen-bond acceptors (Lipinski definition) is 5. The molecule has 1 heterocycles. The summed E-state index contributed by atoms with van der Waals surface area (Å²) in [7, 11) is 1.88. The van der Waals surface area contributed by atoms with Crippen LogP contribution in [0.15, 0.2) is 34.1 Å². The van der Waals surface area contributed by atoms with E-state index in [4.69, 9.17) is 5.73 Å². The number of non-ortho nitro benzene ring substituents is 1. The van der Waals surface area contributed by atoms with Crippen molar-refractivity contribution in [2.24, 2.45) is 0 Å². The number of hydrogen-bond donors (Lipinski definition) is 1. The Morgan fingerprint density at radius 2 is 2.16 bits per heavy atom. The zero-order valence-corrected chi connectivity index (χ0v) is 12.6. The molecule has 0 unspecified atom stereocenters. The first-order valence-electron chi connectivity index (χ1n) is 5.44. The molecule has 0 saturated carbocycles. The first-order valence-corrected chi connectivity index (χ1v) is 7.12. The molecule has 0 atom stereocenters. The normalized spacial score (nSPS) is 10.4. The highest BCUT2D eigenvalue weighted by Gasteiger charge is 2.12. The predicted molar refractivity (Wildman–Crippen MR) is 81.6 cm³/mol. The molecule has 19 heavy (non-hydrogen) atoms. The molecule has 2 rings (SSSR count). The van der Waals surface area contributed by atoms with Gasteiger partial charge in [-0.2, -0.15) is 0 Å². The summed E-state index contributed by atoms with van der Waals surface area (Å²) in [5.74, 6) is 0. The van der Waals surface area contributed by atoms with Gasteiger partial charge in [0.15, 0.2) is 0 Å². The molecule has 2 N–H and O–H groups in total. The molecule has 0 saturated heterocycles. The Bertz CT molecular complexity index is 615. The van der Waals surface area contributed by atoms with Crippen LogP contribution >= 0.6 is 27.3 Å². The largest absolute Gasteiger partial charge is 0.398 e. The lowest BCUT2D eigenvalue weighted by atomic mass is 10.2. The number of benzene rings is 1. The molecule has 0 aliphatic rings. The summed E-state index contributed by atoms with van der Waals surface area (Å²) in [6.45, 7) is 0.677. The number of rotatable bonds is 4. The van der Waals surface area contributed by atoms with Crippen molar-refractivity contribution in [1.29, 1.82) is 0 Å². The van der Waals surface area contributed by atoms with Gasteiger partial charge in [-0.05, 0) is 28.1 Å². The van der Waals surface area contributed by atoms with Gasteiger partial charge in [-0.25, -0.2) is 0 Å². The Hall–Kier alpha value is -1.60. The molecule has 0 spiro atoms. The highest BCUT2D eigenvalue weighted by atomic mass is 79.9. The second-order valence-electron chi connectivity index (χ2n) is 4.13. The van der Waals surface area contributed by atoms with Gasteiger partial charge < -0.3 is 10.6 Å². The zero-order valence-electron chi connectivity index (χ0n) is 10.2. The Morgan fingerprint density at radius 1 is 1.42 bits per heavy atom. The standard InChI is InChI=1S/C12H12BrN3O2S/c1-15(6-12-2-8(13)7-19-12)10-3-9(14)4-11(5-10)16(17)18/h2-5,7H,6,14H2,1H3. The van der Waals surface area contributed by atoms with Crippen LogP contribution in [0.25, 0.3) is 0 Å². The first-order chi connectivity index (χ1) is 8.95. The van der Waals surface area contributed by atoms with Crippen molar-refractivity contribution in [1.82, 2.24) is 0 Å². The van der Waals surface area contributed by atoms with Crippen LogP contribution in [0.4, 0.5) is 17.1 Å². The van der Waals surface area contributed by atoms with Gasteiger partial charge in [-0.1, -0.05) is 0 Å². The third kappa shape index (κ3) is 3.45. The molecular weight excluding hydrogens is 330 g/mol. The summed E-state index contributed by atoms with van der Waals surface area (Å²) in [5.41, 5.74) is 6.83. The fourth-order valence-electron chi connectivity index (χ4n) is 1.71. The quantitative estimate of drug-likeness (QED) is 0.523.